The zero-order chi connectivity index (χ0) is 14.9. The molecule has 0 aromatic heterocycles. The van der Waals surface area contributed by atoms with Crippen LogP contribution in [0.5, 0.6) is 5.75 Å². The molecule has 1 aliphatic rings. The normalized spacial score (nSPS) is 15.1. The van der Waals surface area contributed by atoms with E-state index in [0.717, 1.165) is 10.2 Å². The van der Waals surface area contributed by atoms with Crippen molar-refractivity contribution in [3.05, 3.63) is 58.2 Å². The third-order valence-corrected chi connectivity index (χ3v) is 3.82. The summed E-state index contributed by atoms with van der Waals surface area (Å²) in [6, 6.07) is 2.52. The van der Waals surface area contributed by atoms with Crippen molar-refractivity contribution in [2.24, 2.45) is 0 Å². The SMILES string of the molecule is C=C1C(Br)=CC=C(c2cc(F)c(OC)c(F)c2)N1CC. The lowest BCUT2D eigenvalue weighted by Gasteiger charge is -2.30. The van der Waals surface area contributed by atoms with Gasteiger partial charge in [0.25, 0.3) is 0 Å². The monoisotopic (exact) mass is 341 g/mol. The van der Waals surface area contributed by atoms with E-state index in [4.69, 9.17) is 0 Å². The Hall–Kier alpha value is -1.62. The van der Waals surface area contributed by atoms with Gasteiger partial charge in [0.05, 0.1) is 7.11 Å². The Kier molecular flexibility index (Phi) is 4.28. The predicted molar refractivity (Wildman–Crippen MR) is 79.4 cm³/mol. The lowest BCUT2D eigenvalue weighted by molar-refractivity contribution is 0.359. The van der Waals surface area contributed by atoms with Crippen LogP contribution >= 0.6 is 15.9 Å². The summed E-state index contributed by atoms with van der Waals surface area (Å²) < 4.78 is 33.2. The standard InChI is InChI=1S/C15H14BrF2NO/c1-4-19-9(2)11(16)5-6-14(19)10-7-12(17)15(20-3)13(18)8-10/h5-8H,2,4H2,1,3H3. The molecule has 0 N–H and O–H groups in total. The van der Waals surface area contributed by atoms with Gasteiger partial charge in [-0.15, -0.1) is 0 Å². The van der Waals surface area contributed by atoms with Crippen LogP contribution in [-0.2, 0) is 0 Å². The molecule has 1 heterocycles. The van der Waals surface area contributed by atoms with Gasteiger partial charge in [0.1, 0.15) is 0 Å². The van der Waals surface area contributed by atoms with Gasteiger partial charge in [-0.2, -0.15) is 0 Å². The van der Waals surface area contributed by atoms with E-state index in [2.05, 4.69) is 27.2 Å². The molecule has 1 aliphatic heterocycles. The predicted octanol–water partition coefficient (Wildman–Crippen LogP) is 4.44. The zero-order valence-electron chi connectivity index (χ0n) is 11.2. The number of benzene rings is 1. The molecule has 0 unspecified atom stereocenters. The van der Waals surface area contributed by atoms with Crippen molar-refractivity contribution in [2.45, 2.75) is 6.92 Å². The average molecular weight is 342 g/mol. The molecular weight excluding hydrogens is 328 g/mol. The van der Waals surface area contributed by atoms with E-state index in [1.165, 1.54) is 19.2 Å². The summed E-state index contributed by atoms with van der Waals surface area (Å²) in [4.78, 5) is 1.88. The number of likely N-dealkylation sites (N-methyl/N-ethyl adjacent to an activating group) is 1. The molecule has 0 radical (unpaired) electrons. The first kappa shape index (κ1) is 14.8. The summed E-state index contributed by atoms with van der Waals surface area (Å²) in [5.41, 5.74) is 1.89. The first-order chi connectivity index (χ1) is 9.49. The highest BCUT2D eigenvalue weighted by Gasteiger charge is 2.21. The van der Waals surface area contributed by atoms with Crippen LogP contribution < -0.4 is 4.74 Å². The number of rotatable bonds is 3. The van der Waals surface area contributed by atoms with Crippen LogP contribution in [0.4, 0.5) is 8.78 Å². The number of allylic oxidation sites excluding steroid dienone is 3. The lowest BCUT2D eigenvalue weighted by Crippen LogP contribution is -2.23. The van der Waals surface area contributed by atoms with Gasteiger partial charge in [-0.3, -0.25) is 0 Å². The van der Waals surface area contributed by atoms with Crippen molar-refractivity contribution >= 4 is 21.6 Å². The molecule has 106 valence electrons. The molecule has 0 fully saturated rings. The molecular formula is C15H14BrF2NO. The Bertz CT molecular complexity index is 599. The van der Waals surface area contributed by atoms with E-state index >= 15 is 0 Å². The summed E-state index contributed by atoms with van der Waals surface area (Å²) in [7, 11) is 1.24. The Balaban J connectivity index is 2.53. The fraction of sp³-hybridized carbons (Fsp3) is 0.200. The summed E-state index contributed by atoms with van der Waals surface area (Å²) in [5.74, 6) is -1.82. The van der Waals surface area contributed by atoms with Crippen LogP contribution in [0.15, 0.2) is 41.0 Å². The van der Waals surface area contributed by atoms with E-state index in [-0.39, 0.29) is 5.75 Å². The summed E-state index contributed by atoms with van der Waals surface area (Å²) in [5, 5.41) is 0. The molecule has 0 saturated heterocycles. The van der Waals surface area contributed by atoms with Gasteiger partial charge in [-0.05, 0) is 47.1 Å². The van der Waals surface area contributed by atoms with Crippen molar-refractivity contribution in [3.8, 4) is 5.75 Å². The Morgan fingerprint density at radius 2 is 1.85 bits per heavy atom. The second-order valence-corrected chi connectivity index (χ2v) is 5.08. The first-order valence-corrected chi connectivity index (χ1v) is 6.86. The highest BCUT2D eigenvalue weighted by atomic mass is 79.9. The summed E-state index contributed by atoms with van der Waals surface area (Å²) in [6.45, 7) is 6.55. The molecule has 2 rings (SSSR count). The highest BCUT2D eigenvalue weighted by Crippen LogP contribution is 2.35. The molecule has 20 heavy (non-hydrogen) atoms. The Morgan fingerprint density at radius 3 is 2.35 bits per heavy atom. The van der Waals surface area contributed by atoms with Crippen LogP contribution in [0.1, 0.15) is 12.5 Å². The van der Waals surface area contributed by atoms with Crippen LogP contribution in [0.2, 0.25) is 0 Å². The van der Waals surface area contributed by atoms with Crippen molar-refractivity contribution < 1.29 is 13.5 Å². The fourth-order valence-corrected chi connectivity index (χ4v) is 2.47. The molecule has 1 aromatic rings. The van der Waals surface area contributed by atoms with Crippen molar-refractivity contribution in [3.63, 3.8) is 0 Å². The molecule has 0 atom stereocenters. The van der Waals surface area contributed by atoms with Gasteiger partial charge < -0.3 is 9.64 Å². The molecule has 2 nitrogen and oxygen atoms in total. The van der Waals surface area contributed by atoms with Gasteiger partial charge in [0.2, 0.25) is 0 Å². The van der Waals surface area contributed by atoms with E-state index in [9.17, 15) is 8.78 Å². The van der Waals surface area contributed by atoms with Crippen LogP contribution in [0, 0.1) is 11.6 Å². The van der Waals surface area contributed by atoms with Crippen molar-refractivity contribution in [1.82, 2.24) is 4.90 Å². The lowest BCUT2D eigenvalue weighted by atomic mass is 10.1. The highest BCUT2D eigenvalue weighted by molar-refractivity contribution is 9.12. The molecule has 0 aliphatic carbocycles. The third-order valence-electron chi connectivity index (χ3n) is 3.09. The maximum Gasteiger partial charge on any atom is 0.190 e. The maximum atomic E-state index is 13.8. The van der Waals surface area contributed by atoms with Gasteiger partial charge in [0, 0.05) is 28.0 Å². The van der Waals surface area contributed by atoms with Gasteiger partial charge in [-0.1, -0.05) is 6.58 Å². The Labute approximate surface area is 125 Å². The number of nitrogens with zero attached hydrogens (tertiary/aromatic N) is 1. The van der Waals surface area contributed by atoms with Crippen LogP contribution in [-0.4, -0.2) is 18.6 Å². The molecule has 1 aromatic carbocycles. The van der Waals surface area contributed by atoms with E-state index < -0.39 is 11.6 Å². The van der Waals surface area contributed by atoms with Crippen molar-refractivity contribution in [1.29, 1.82) is 0 Å². The minimum absolute atomic E-state index is 0.372. The molecule has 0 bridgehead atoms. The quantitative estimate of drug-likeness (QED) is 0.805. The summed E-state index contributed by atoms with van der Waals surface area (Å²) in [6.07, 6.45) is 3.60. The fourth-order valence-electron chi connectivity index (χ4n) is 2.13. The number of ether oxygens (including phenoxy) is 1. The molecule has 0 amide bonds. The minimum atomic E-state index is -0.723. The van der Waals surface area contributed by atoms with Gasteiger partial charge in [0.15, 0.2) is 17.4 Å². The zero-order valence-corrected chi connectivity index (χ0v) is 12.8. The Morgan fingerprint density at radius 1 is 1.25 bits per heavy atom. The number of methoxy groups -OCH3 is 1. The number of halogens is 3. The second kappa shape index (κ2) is 5.79. The topological polar surface area (TPSA) is 12.5 Å². The molecule has 5 heteroatoms. The van der Waals surface area contributed by atoms with Crippen LogP contribution in [0.25, 0.3) is 5.70 Å². The molecule has 0 saturated carbocycles. The number of hydrogen-bond acceptors (Lipinski definition) is 2. The average Bonchev–Trinajstić information content (AvgIpc) is 2.41. The second-order valence-electron chi connectivity index (χ2n) is 4.23. The van der Waals surface area contributed by atoms with Gasteiger partial charge >= 0.3 is 0 Å². The van der Waals surface area contributed by atoms with Crippen molar-refractivity contribution in [2.75, 3.05) is 13.7 Å². The van der Waals surface area contributed by atoms with E-state index in [0.29, 0.717) is 17.8 Å². The number of hydrogen-bond donors (Lipinski definition) is 0. The minimum Gasteiger partial charge on any atom is -0.491 e. The smallest absolute Gasteiger partial charge is 0.190 e. The first-order valence-electron chi connectivity index (χ1n) is 6.07. The summed E-state index contributed by atoms with van der Waals surface area (Å²) >= 11 is 3.39. The van der Waals surface area contributed by atoms with E-state index in [1.54, 1.807) is 6.08 Å². The van der Waals surface area contributed by atoms with Gasteiger partial charge in [-0.25, -0.2) is 8.78 Å². The maximum absolute atomic E-state index is 13.8. The van der Waals surface area contributed by atoms with Crippen LogP contribution in [0.3, 0.4) is 0 Å². The largest absolute Gasteiger partial charge is 0.491 e. The third kappa shape index (κ3) is 2.50. The van der Waals surface area contributed by atoms with E-state index in [1.807, 2.05) is 17.9 Å². The molecule has 0 spiro atoms.